The van der Waals surface area contributed by atoms with Crippen molar-refractivity contribution in [3.05, 3.63) is 79.0 Å². The van der Waals surface area contributed by atoms with E-state index in [1.54, 1.807) is 52.5 Å². The number of nitrogens with zero attached hydrogens (tertiary/aromatic N) is 4. The summed E-state index contributed by atoms with van der Waals surface area (Å²) in [5.41, 5.74) is 9.37. The number of carbonyl (C=O) groups is 2. The molecule has 192 valence electrons. The van der Waals surface area contributed by atoms with Crippen LogP contribution in [0.2, 0.25) is 0 Å². The average molecular weight is 504 g/mol. The van der Waals surface area contributed by atoms with Gasteiger partial charge in [0, 0.05) is 30.9 Å². The maximum absolute atomic E-state index is 12.9. The number of amides is 2. The van der Waals surface area contributed by atoms with Crippen LogP contribution >= 0.6 is 0 Å². The quantitative estimate of drug-likeness (QED) is 0.239. The minimum absolute atomic E-state index is 0.0500. The molecule has 37 heavy (non-hydrogen) atoms. The lowest BCUT2D eigenvalue weighted by molar-refractivity contribution is -0.127. The van der Waals surface area contributed by atoms with E-state index in [9.17, 15) is 9.59 Å². The van der Waals surface area contributed by atoms with Crippen LogP contribution in [0, 0.1) is 0 Å². The molecule has 0 unspecified atom stereocenters. The smallest absolute Gasteiger partial charge is 0.274 e. The lowest BCUT2D eigenvalue weighted by atomic mass is 10.0. The Bertz CT molecular complexity index is 1300. The predicted molar refractivity (Wildman–Crippen MR) is 139 cm³/mol. The van der Waals surface area contributed by atoms with Crippen LogP contribution in [0.1, 0.15) is 28.9 Å². The van der Waals surface area contributed by atoms with E-state index in [-0.39, 0.29) is 17.6 Å². The molecular formula is C26H29N7O4. The molecule has 4 rings (SSSR count). The number of hydrogen-bond donors (Lipinski definition) is 3. The molecule has 0 aliphatic carbocycles. The van der Waals surface area contributed by atoms with Gasteiger partial charge in [0.15, 0.2) is 0 Å². The van der Waals surface area contributed by atoms with Gasteiger partial charge < -0.3 is 30.2 Å². The number of hydrazine groups is 1. The fourth-order valence-corrected chi connectivity index (χ4v) is 4.07. The molecule has 0 radical (unpaired) electrons. The molecule has 0 spiro atoms. The molecule has 1 aliphatic heterocycles. The molecule has 1 saturated heterocycles. The molecule has 1 aliphatic rings. The number of nitrogens with two attached hydrogens (primary N) is 2. The van der Waals surface area contributed by atoms with Crippen molar-refractivity contribution in [1.29, 1.82) is 0 Å². The highest BCUT2D eigenvalue weighted by atomic mass is 16.5. The molecule has 5 N–H and O–H groups in total. The number of benzene rings is 1. The molecule has 0 bridgehead atoms. The second-order valence-electron chi connectivity index (χ2n) is 8.48. The van der Waals surface area contributed by atoms with Gasteiger partial charge in [-0.25, -0.2) is 10.8 Å². The SMILES string of the molecule is C=CC(=O)N1CCC(N(N)/C=C(\N)c2ccc(NC(=O)c3cccc(-c4cnoc4)n3)c(OC)c2)CC1. The van der Waals surface area contributed by atoms with Crippen molar-refractivity contribution in [1.82, 2.24) is 20.0 Å². The van der Waals surface area contributed by atoms with Gasteiger partial charge in [0.1, 0.15) is 17.7 Å². The summed E-state index contributed by atoms with van der Waals surface area (Å²) in [7, 11) is 1.51. The summed E-state index contributed by atoms with van der Waals surface area (Å²) < 4.78 is 10.3. The average Bonchev–Trinajstić information content (AvgIpc) is 3.48. The monoisotopic (exact) mass is 503 g/mol. The van der Waals surface area contributed by atoms with Crippen LogP contribution in [0.25, 0.3) is 17.0 Å². The van der Waals surface area contributed by atoms with Crippen LogP contribution < -0.4 is 21.6 Å². The zero-order chi connectivity index (χ0) is 26.4. The molecule has 1 fully saturated rings. The number of rotatable bonds is 8. The molecule has 0 saturated carbocycles. The first kappa shape index (κ1) is 25.5. The third kappa shape index (κ3) is 5.96. The highest BCUT2D eigenvalue weighted by Crippen LogP contribution is 2.28. The number of piperidine rings is 1. The van der Waals surface area contributed by atoms with Crippen LogP contribution in [0.4, 0.5) is 5.69 Å². The number of aromatic nitrogens is 2. The molecule has 11 heteroatoms. The van der Waals surface area contributed by atoms with Crippen molar-refractivity contribution >= 4 is 23.2 Å². The van der Waals surface area contributed by atoms with E-state index in [1.807, 2.05) is 0 Å². The van der Waals surface area contributed by atoms with Gasteiger partial charge >= 0.3 is 0 Å². The first-order chi connectivity index (χ1) is 17.9. The molecule has 3 heterocycles. The summed E-state index contributed by atoms with van der Waals surface area (Å²) in [6.45, 7) is 4.75. The number of ether oxygens (including phenoxy) is 1. The summed E-state index contributed by atoms with van der Waals surface area (Å²) in [4.78, 5) is 30.8. The Labute approximate surface area is 214 Å². The summed E-state index contributed by atoms with van der Waals surface area (Å²) in [6, 6.07) is 10.4. The van der Waals surface area contributed by atoms with Gasteiger partial charge in [0.2, 0.25) is 5.91 Å². The van der Waals surface area contributed by atoms with E-state index >= 15 is 0 Å². The van der Waals surface area contributed by atoms with Gasteiger partial charge in [-0.05, 0) is 43.2 Å². The van der Waals surface area contributed by atoms with Crippen molar-refractivity contribution in [2.45, 2.75) is 18.9 Å². The largest absolute Gasteiger partial charge is 0.495 e. The summed E-state index contributed by atoms with van der Waals surface area (Å²) in [6.07, 6.45) is 7.42. The van der Waals surface area contributed by atoms with Crippen molar-refractivity contribution in [3.8, 4) is 17.0 Å². The molecular weight excluding hydrogens is 474 g/mol. The fraction of sp³-hybridized carbons (Fsp3) is 0.231. The van der Waals surface area contributed by atoms with Gasteiger partial charge in [-0.15, -0.1) is 0 Å². The lowest BCUT2D eigenvalue weighted by Crippen LogP contribution is -2.47. The first-order valence-corrected chi connectivity index (χ1v) is 11.7. The summed E-state index contributed by atoms with van der Waals surface area (Å²) >= 11 is 0. The minimum Gasteiger partial charge on any atom is -0.495 e. The van der Waals surface area contributed by atoms with Crippen LogP contribution in [-0.2, 0) is 4.79 Å². The molecule has 2 amide bonds. The number of nitrogens with one attached hydrogen (secondary N) is 1. The third-order valence-electron chi connectivity index (χ3n) is 6.15. The first-order valence-electron chi connectivity index (χ1n) is 11.7. The number of hydrogen-bond acceptors (Lipinski definition) is 9. The number of carbonyl (C=O) groups excluding carboxylic acids is 2. The fourth-order valence-electron chi connectivity index (χ4n) is 4.07. The number of anilines is 1. The Morgan fingerprint density at radius 2 is 2.05 bits per heavy atom. The van der Waals surface area contributed by atoms with E-state index in [0.29, 0.717) is 47.0 Å². The Morgan fingerprint density at radius 3 is 2.73 bits per heavy atom. The van der Waals surface area contributed by atoms with Crippen molar-refractivity contribution < 1.29 is 18.8 Å². The van der Waals surface area contributed by atoms with E-state index in [0.717, 1.165) is 12.8 Å². The highest BCUT2D eigenvalue weighted by Gasteiger charge is 2.24. The van der Waals surface area contributed by atoms with Gasteiger partial charge in [-0.3, -0.25) is 9.59 Å². The summed E-state index contributed by atoms with van der Waals surface area (Å²) in [5, 5.41) is 8.08. The number of pyridine rings is 1. The van der Waals surface area contributed by atoms with E-state index < -0.39 is 5.91 Å². The van der Waals surface area contributed by atoms with Crippen molar-refractivity contribution in [2.24, 2.45) is 11.6 Å². The maximum atomic E-state index is 12.9. The topological polar surface area (TPSA) is 153 Å². The highest BCUT2D eigenvalue weighted by molar-refractivity contribution is 6.04. The molecule has 11 nitrogen and oxygen atoms in total. The van der Waals surface area contributed by atoms with E-state index in [1.165, 1.54) is 25.6 Å². The number of likely N-dealkylation sites (tertiary alicyclic amines) is 1. The second kappa shape index (κ2) is 11.4. The minimum atomic E-state index is -0.401. The van der Waals surface area contributed by atoms with E-state index in [4.69, 9.17) is 20.8 Å². The van der Waals surface area contributed by atoms with Crippen LogP contribution in [-0.4, -0.2) is 58.1 Å². The van der Waals surface area contributed by atoms with Gasteiger partial charge in [0.05, 0.1) is 35.9 Å². The lowest BCUT2D eigenvalue weighted by Gasteiger charge is -2.35. The van der Waals surface area contributed by atoms with E-state index in [2.05, 4.69) is 22.0 Å². The van der Waals surface area contributed by atoms with Crippen molar-refractivity contribution in [3.63, 3.8) is 0 Å². The van der Waals surface area contributed by atoms with Crippen LogP contribution in [0.5, 0.6) is 5.75 Å². The Morgan fingerprint density at radius 1 is 1.27 bits per heavy atom. The van der Waals surface area contributed by atoms with Gasteiger partial charge in [-0.1, -0.05) is 23.9 Å². The molecule has 3 aromatic rings. The molecule has 1 aromatic carbocycles. The zero-order valence-electron chi connectivity index (χ0n) is 20.5. The predicted octanol–water partition coefficient (Wildman–Crippen LogP) is 2.61. The second-order valence-corrected chi connectivity index (χ2v) is 8.48. The van der Waals surface area contributed by atoms with Gasteiger partial charge in [0.25, 0.3) is 5.91 Å². The van der Waals surface area contributed by atoms with Crippen LogP contribution in [0.15, 0.2) is 72.2 Å². The van der Waals surface area contributed by atoms with Crippen LogP contribution in [0.3, 0.4) is 0 Å². The molecule has 0 atom stereocenters. The maximum Gasteiger partial charge on any atom is 0.274 e. The van der Waals surface area contributed by atoms with Crippen molar-refractivity contribution in [2.75, 3.05) is 25.5 Å². The Balaban J connectivity index is 1.44. The Hall–Kier alpha value is -4.64. The zero-order valence-corrected chi connectivity index (χ0v) is 20.5. The normalized spacial score (nSPS) is 14.2. The summed E-state index contributed by atoms with van der Waals surface area (Å²) in [5.74, 6) is 6.22. The molecule has 2 aromatic heterocycles. The number of methoxy groups -OCH3 is 1. The third-order valence-corrected chi connectivity index (χ3v) is 6.15. The van der Waals surface area contributed by atoms with Gasteiger partial charge in [-0.2, -0.15) is 0 Å². The Kier molecular flexibility index (Phi) is 7.84. The standard InChI is InChI=1S/C26H29N7O4/c1-3-25(34)32-11-9-19(10-12-32)33(28)15-20(27)17-7-8-22(24(13-17)36-2)31-26(35)23-6-4-5-21(30-23)18-14-29-37-16-18/h3-8,13-16,19H,1,9-12,27-28H2,2H3,(H,31,35)/b20-15-.